The predicted octanol–water partition coefficient (Wildman–Crippen LogP) is 1.00. The predicted molar refractivity (Wildman–Crippen MR) is 80.8 cm³/mol. The zero-order valence-electron chi connectivity index (χ0n) is 10.9. The SMILES string of the molecule is O=C(CNC(=O)c1ccc(Br)o1)NCCSCCCO. The molecule has 6 nitrogen and oxygen atoms in total. The molecule has 1 heterocycles. The first-order valence-electron chi connectivity index (χ1n) is 6.12. The van der Waals surface area contributed by atoms with Crippen molar-refractivity contribution in [3.05, 3.63) is 22.6 Å². The normalized spacial score (nSPS) is 10.3. The van der Waals surface area contributed by atoms with Gasteiger partial charge in [-0.05, 0) is 40.2 Å². The molecule has 0 atom stereocenters. The third kappa shape index (κ3) is 6.97. The van der Waals surface area contributed by atoms with Crippen molar-refractivity contribution in [2.75, 3.05) is 31.2 Å². The smallest absolute Gasteiger partial charge is 0.287 e. The molecular weight excluding hydrogens is 348 g/mol. The molecule has 20 heavy (non-hydrogen) atoms. The Morgan fingerprint density at radius 1 is 1.30 bits per heavy atom. The highest BCUT2D eigenvalue weighted by Gasteiger charge is 2.11. The van der Waals surface area contributed by atoms with Crippen LogP contribution in [0, 0.1) is 0 Å². The molecular formula is C12H17BrN2O4S. The molecule has 112 valence electrons. The van der Waals surface area contributed by atoms with Crippen molar-refractivity contribution in [3.8, 4) is 0 Å². The van der Waals surface area contributed by atoms with Crippen LogP contribution >= 0.6 is 27.7 Å². The van der Waals surface area contributed by atoms with Gasteiger partial charge in [0, 0.05) is 18.9 Å². The fourth-order valence-electron chi connectivity index (χ4n) is 1.28. The van der Waals surface area contributed by atoms with E-state index >= 15 is 0 Å². The Morgan fingerprint density at radius 2 is 2.10 bits per heavy atom. The quantitative estimate of drug-likeness (QED) is 0.568. The van der Waals surface area contributed by atoms with E-state index in [-0.39, 0.29) is 24.8 Å². The van der Waals surface area contributed by atoms with E-state index in [1.165, 1.54) is 6.07 Å². The van der Waals surface area contributed by atoms with Gasteiger partial charge in [0.15, 0.2) is 10.4 Å². The number of hydrogen-bond donors (Lipinski definition) is 3. The highest BCUT2D eigenvalue weighted by atomic mass is 79.9. The average molecular weight is 365 g/mol. The van der Waals surface area contributed by atoms with E-state index in [0.29, 0.717) is 11.2 Å². The molecule has 0 fully saturated rings. The summed E-state index contributed by atoms with van der Waals surface area (Å²) in [7, 11) is 0. The topological polar surface area (TPSA) is 91.6 Å². The van der Waals surface area contributed by atoms with E-state index in [0.717, 1.165) is 17.9 Å². The van der Waals surface area contributed by atoms with Crippen molar-refractivity contribution in [1.82, 2.24) is 10.6 Å². The molecule has 0 saturated heterocycles. The Bertz CT molecular complexity index is 439. The number of furan rings is 1. The summed E-state index contributed by atoms with van der Waals surface area (Å²) >= 11 is 4.76. The Balaban J connectivity index is 2.09. The molecule has 8 heteroatoms. The first-order chi connectivity index (χ1) is 9.63. The van der Waals surface area contributed by atoms with Crippen LogP contribution in [0.15, 0.2) is 21.2 Å². The Kier molecular flexibility index (Phi) is 8.40. The number of aliphatic hydroxyl groups excluding tert-OH is 1. The molecule has 0 radical (unpaired) electrons. The van der Waals surface area contributed by atoms with Crippen LogP contribution in [-0.2, 0) is 4.79 Å². The second kappa shape index (κ2) is 9.84. The second-order valence-electron chi connectivity index (χ2n) is 3.83. The van der Waals surface area contributed by atoms with Gasteiger partial charge in [-0.15, -0.1) is 0 Å². The summed E-state index contributed by atoms with van der Waals surface area (Å²) in [6, 6.07) is 3.13. The summed E-state index contributed by atoms with van der Waals surface area (Å²) < 4.78 is 5.53. The Hall–Kier alpha value is -0.990. The lowest BCUT2D eigenvalue weighted by Crippen LogP contribution is -2.37. The molecule has 0 unspecified atom stereocenters. The molecule has 0 saturated carbocycles. The first-order valence-corrected chi connectivity index (χ1v) is 8.07. The highest BCUT2D eigenvalue weighted by molar-refractivity contribution is 9.10. The zero-order chi connectivity index (χ0) is 14.8. The van der Waals surface area contributed by atoms with E-state index in [1.54, 1.807) is 17.8 Å². The summed E-state index contributed by atoms with van der Waals surface area (Å²) in [6.45, 7) is 0.643. The van der Waals surface area contributed by atoms with Gasteiger partial charge in [0.1, 0.15) is 0 Å². The lowest BCUT2D eigenvalue weighted by Gasteiger charge is -2.05. The lowest BCUT2D eigenvalue weighted by molar-refractivity contribution is -0.120. The van der Waals surface area contributed by atoms with Crippen LogP contribution in [0.4, 0.5) is 0 Å². The van der Waals surface area contributed by atoms with Crippen LogP contribution in [0.3, 0.4) is 0 Å². The van der Waals surface area contributed by atoms with E-state index < -0.39 is 5.91 Å². The average Bonchev–Trinajstić information content (AvgIpc) is 2.86. The maximum Gasteiger partial charge on any atom is 0.287 e. The number of thioether (sulfide) groups is 1. The van der Waals surface area contributed by atoms with E-state index in [9.17, 15) is 9.59 Å². The largest absolute Gasteiger partial charge is 0.444 e. The highest BCUT2D eigenvalue weighted by Crippen LogP contribution is 2.13. The summed E-state index contributed by atoms with van der Waals surface area (Å²) in [5.74, 6) is 1.14. The number of aliphatic hydroxyl groups is 1. The van der Waals surface area contributed by atoms with Crippen LogP contribution < -0.4 is 10.6 Å². The molecule has 0 aliphatic heterocycles. The fraction of sp³-hybridized carbons (Fsp3) is 0.500. The van der Waals surface area contributed by atoms with E-state index in [2.05, 4.69) is 26.6 Å². The van der Waals surface area contributed by atoms with Crippen LogP contribution in [0.2, 0.25) is 0 Å². The van der Waals surface area contributed by atoms with Gasteiger partial charge in [-0.2, -0.15) is 11.8 Å². The molecule has 0 aliphatic rings. The standard InChI is InChI=1S/C12H17BrN2O4S/c13-10-3-2-9(19-10)12(18)15-8-11(17)14-4-7-20-6-1-5-16/h2-3,16H,1,4-8H2,(H,14,17)(H,15,18). The van der Waals surface area contributed by atoms with Crippen LogP contribution in [0.5, 0.6) is 0 Å². The van der Waals surface area contributed by atoms with Gasteiger partial charge in [-0.25, -0.2) is 0 Å². The molecule has 1 aromatic rings. The van der Waals surface area contributed by atoms with Crippen LogP contribution in [0.25, 0.3) is 0 Å². The monoisotopic (exact) mass is 364 g/mol. The summed E-state index contributed by atoms with van der Waals surface area (Å²) in [5, 5.41) is 13.8. The van der Waals surface area contributed by atoms with E-state index in [4.69, 9.17) is 9.52 Å². The lowest BCUT2D eigenvalue weighted by atomic mass is 10.4. The minimum absolute atomic E-state index is 0.0849. The minimum atomic E-state index is -0.428. The van der Waals surface area contributed by atoms with Crippen molar-refractivity contribution in [2.24, 2.45) is 0 Å². The molecule has 0 spiro atoms. The van der Waals surface area contributed by atoms with Crippen molar-refractivity contribution in [1.29, 1.82) is 0 Å². The number of carbonyl (C=O) groups is 2. The maximum absolute atomic E-state index is 11.6. The number of halogens is 1. The number of hydrogen-bond acceptors (Lipinski definition) is 5. The van der Waals surface area contributed by atoms with Gasteiger partial charge >= 0.3 is 0 Å². The maximum atomic E-state index is 11.6. The third-order valence-corrected chi connectivity index (χ3v) is 3.72. The molecule has 1 rings (SSSR count). The van der Waals surface area contributed by atoms with Gasteiger partial charge in [-0.3, -0.25) is 9.59 Å². The number of rotatable bonds is 9. The number of carbonyl (C=O) groups excluding carboxylic acids is 2. The molecule has 0 aromatic carbocycles. The molecule has 1 aromatic heterocycles. The van der Waals surface area contributed by atoms with Crippen molar-refractivity contribution >= 4 is 39.5 Å². The Morgan fingerprint density at radius 3 is 2.75 bits per heavy atom. The number of nitrogens with one attached hydrogen (secondary N) is 2. The first kappa shape index (κ1) is 17.1. The second-order valence-corrected chi connectivity index (χ2v) is 5.83. The minimum Gasteiger partial charge on any atom is -0.444 e. The van der Waals surface area contributed by atoms with E-state index in [1.807, 2.05) is 0 Å². The summed E-state index contributed by atoms with van der Waals surface area (Å²) in [6.07, 6.45) is 0.757. The fourth-order valence-corrected chi connectivity index (χ4v) is 2.37. The van der Waals surface area contributed by atoms with Gasteiger partial charge < -0.3 is 20.2 Å². The third-order valence-electron chi connectivity index (χ3n) is 2.22. The molecule has 0 bridgehead atoms. The summed E-state index contributed by atoms with van der Waals surface area (Å²) in [4.78, 5) is 23.0. The van der Waals surface area contributed by atoms with Crippen molar-refractivity contribution in [3.63, 3.8) is 0 Å². The Labute approximate surface area is 129 Å². The number of amides is 2. The van der Waals surface area contributed by atoms with Gasteiger partial charge in [0.25, 0.3) is 5.91 Å². The zero-order valence-corrected chi connectivity index (χ0v) is 13.3. The van der Waals surface area contributed by atoms with Crippen molar-refractivity contribution < 1.29 is 19.1 Å². The molecule has 3 N–H and O–H groups in total. The van der Waals surface area contributed by atoms with Gasteiger partial charge in [0.2, 0.25) is 5.91 Å². The molecule has 0 aliphatic carbocycles. The molecule has 2 amide bonds. The van der Waals surface area contributed by atoms with Gasteiger partial charge in [-0.1, -0.05) is 0 Å². The van der Waals surface area contributed by atoms with Crippen LogP contribution in [0.1, 0.15) is 17.0 Å². The van der Waals surface area contributed by atoms with Crippen molar-refractivity contribution in [2.45, 2.75) is 6.42 Å². The van der Waals surface area contributed by atoms with Gasteiger partial charge in [0.05, 0.1) is 6.54 Å². The summed E-state index contributed by atoms with van der Waals surface area (Å²) in [5.41, 5.74) is 0. The van der Waals surface area contributed by atoms with Crippen LogP contribution in [-0.4, -0.2) is 48.1 Å².